The van der Waals surface area contributed by atoms with Gasteiger partial charge in [0.15, 0.2) is 11.3 Å². The average molecular weight is 848 g/mol. The number of urea groups is 1. The van der Waals surface area contributed by atoms with E-state index in [2.05, 4.69) is 37.7 Å². The van der Waals surface area contributed by atoms with Gasteiger partial charge >= 0.3 is 6.03 Å². The number of amides is 5. The molecule has 19 heteroatoms. The number of anilines is 3. The number of carbonyl (C=O) groups is 4. The molecule has 318 valence electrons. The van der Waals surface area contributed by atoms with Crippen LogP contribution >= 0.6 is 11.6 Å². The number of carbonyl (C=O) groups excluding carboxylic acids is 4. The number of likely N-dealkylation sites (tertiary alicyclic amines) is 1. The van der Waals surface area contributed by atoms with E-state index in [0.717, 1.165) is 70.4 Å². The Labute approximate surface area is 350 Å². The molecule has 4 aliphatic heterocycles. The van der Waals surface area contributed by atoms with Gasteiger partial charge in [-0.2, -0.15) is 10.2 Å². The molecule has 0 radical (unpaired) electrons. The molecule has 0 unspecified atom stereocenters. The number of hydrogen-bond donors (Lipinski definition) is 2. The molecule has 16 nitrogen and oxygen atoms in total. The molecule has 5 aliphatic rings. The summed E-state index contributed by atoms with van der Waals surface area (Å²) in [5.74, 6) is 0.580. The van der Waals surface area contributed by atoms with Gasteiger partial charge in [0, 0.05) is 63.6 Å². The smallest absolute Gasteiger partial charge is 0.328 e. The quantitative estimate of drug-likeness (QED) is 0.200. The molecule has 5 amide bonds. The van der Waals surface area contributed by atoms with Crippen LogP contribution in [0.15, 0.2) is 42.9 Å². The van der Waals surface area contributed by atoms with Gasteiger partial charge in [0.2, 0.25) is 5.91 Å². The molecule has 2 N–H and O–H groups in total. The monoisotopic (exact) mass is 847 g/mol. The number of halogens is 3. The maximum absolute atomic E-state index is 14.3. The fourth-order valence-corrected chi connectivity index (χ4v) is 9.81. The van der Waals surface area contributed by atoms with Crippen LogP contribution in [0.4, 0.5) is 30.8 Å². The fraction of sp³-hybridized carbons (Fsp3) is 0.537. The van der Waals surface area contributed by atoms with Crippen LogP contribution in [0, 0.1) is 11.8 Å². The van der Waals surface area contributed by atoms with Gasteiger partial charge in [-0.1, -0.05) is 11.6 Å². The highest BCUT2D eigenvalue weighted by molar-refractivity contribution is 6.34. The minimum absolute atomic E-state index is 0.0164. The molecule has 9 rings (SSSR count). The molecule has 5 fully saturated rings. The lowest BCUT2D eigenvalue weighted by Crippen LogP contribution is -2.49. The summed E-state index contributed by atoms with van der Waals surface area (Å²) >= 11 is 6.39. The third kappa shape index (κ3) is 8.16. The molecule has 1 saturated carbocycles. The van der Waals surface area contributed by atoms with Crippen molar-refractivity contribution in [3.05, 3.63) is 64.7 Å². The second-order valence-corrected chi connectivity index (χ2v) is 17.2. The van der Waals surface area contributed by atoms with Gasteiger partial charge in [0.25, 0.3) is 18.2 Å². The number of morpholine rings is 1. The molecule has 7 heterocycles. The number of aromatic nitrogens is 5. The first kappa shape index (κ1) is 40.2. The van der Waals surface area contributed by atoms with E-state index in [-0.39, 0.29) is 54.2 Å². The van der Waals surface area contributed by atoms with Gasteiger partial charge in [-0.05, 0) is 88.1 Å². The normalized spacial score (nSPS) is 23.7. The first-order chi connectivity index (χ1) is 29.0. The lowest BCUT2D eigenvalue weighted by Gasteiger charge is -2.36. The summed E-state index contributed by atoms with van der Waals surface area (Å²) in [5, 5.41) is 13.9. The highest BCUT2D eigenvalue weighted by Gasteiger charge is 2.40. The average Bonchev–Trinajstić information content (AvgIpc) is 4.06. The zero-order valence-corrected chi connectivity index (χ0v) is 34.1. The predicted octanol–water partition coefficient (Wildman–Crippen LogP) is 5.41. The minimum atomic E-state index is -2.87. The number of alkyl halides is 2. The SMILES string of the molecule is CN(CC1CCC(n2cc(NC(=O)c3cnn4ccc(N5C[C@H]6C[C@@H]5CO6)nc34)c(C(F)F)n2)CC1)CC1CCN(C(=O)c2ccc(Cl)c(N3CCC(=O)NC3=O)c2)CC1. The topological polar surface area (TPSA) is 163 Å². The van der Waals surface area contributed by atoms with Gasteiger partial charge in [0.1, 0.15) is 11.4 Å². The Morgan fingerprint density at radius 3 is 2.50 bits per heavy atom. The number of fused-ring (bicyclic) bond motifs is 3. The Morgan fingerprint density at radius 1 is 1.03 bits per heavy atom. The molecule has 1 aliphatic carbocycles. The van der Waals surface area contributed by atoms with Gasteiger partial charge in [-0.15, -0.1) is 0 Å². The van der Waals surface area contributed by atoms with E-state index in [0.29, 0.717) is 53.5 Å². The first-order valence-corrected chi connectivity index (χ1v) is 21.1. The van der Waals surface area contributed by atoms with Gasteiger partial charge in [-0.25, -0.2) is 23.1 Å². The van der Waals surface area contributed by atoms with Crippen molar-refractivity contribution in [2.24, 2.45) is 11.8 Å². The number of benzene rings is 1. The van der Waals surface area contributed by atoms with Crippen molar-refractivity contribution in [3.63, 3.8) is 0 Å². The number of piperidine rings is 1. The minimum Gasteiger partial charge on any atom is -0.374 e. The Hall–Kier alpha value is -5.20. The lowest BCUT2D eigenvalue weighted by molar-refractivity contribution is -0.120. The standard InChI is InChI=1S/C41H48ClF2N11O5/c1-50(20-25-8-12-51(13-9-25)40(58)26-4-7-31(42)33(16-26)52-14-11-35(56)48-41(52)59)19-24-2-5-27(6-3-24)55-22-32(36(49-55)37(43)44)46-39(57)30-18-45-54-15-10-34(47-38(30)54)53-21-29-17-28(53)23-60-29/h4,7,10,15-16,18,22,24-25,27-29,37H,2-3,5-6,8-9,11-14,17,19-21,23H2,1H3,(H,46,57)(H,48,56,59)/t24?,27?,28-,29-/m1/s1. The fourth-order valence-electron chi connectivity index (χ4n) is 9.60. The first-order valence-electron chi connectivity index (χ1n) is 20.8. The van der Waals surface area contributed by atoms with Crippen molar-refractivity contribution in [2.45, 2.75) is 76.0 Å². The highest BCUT2D eigenvalue weighted by Crippen LogP contribution is 2.37. The summed E-state index contributed by atoms with van der Waals surface area (Å²) in [4.78, 5) is 63.6. The zero-order chi connectivity index (χ0) is 41.7. The second-order valence-electron chi connectivity index (χ2n) is 16.8. The second kappa shape index (κ2) is 16.7. The summed E-state index contributed by atoms with van der Waals surface area (Å²) in [6, 6.07) is 6.39. The number of nitrogens with zero attached hydrogens (tertiary/aromatic N) is 9. The number of ether oxygens (including phenoxy) is 1. The molecular weight excluding hydrogens is 800 g/mol. The zero-order valence-electron chi connectivity index (χ0n) is 33.3. The molecule has 0 spiro atoms. The van der Waals surface area contributed by atoms with Crippen molar-refractivity contribution in [3.8, 4) is 0 Å². The molecule has 60 heavy (non-hydrogen) atoms. The Kier molecular flexibility index (Phi) is 11.2. The summed E-state index contributed by atoms with van der Waals surface area (Å²) in [5.41, 5.74) is 0.910. The maximum Gasteiger partial charge on any atom is 0.328 e. The summed E-state index contributed by atoms with van der Waals surface area (Å²) in [6.45, 7) is 4.64. The number of imide groups is 1. The van der Waals surface area contributed by atoms with E-state index in [1.807, 2.05) is 11.0 Å². The largest absolute Gasteiger partial charge is 0.374 e. The van der Waals surface area contributed by atoms with Crippen molar-refractivity contribution in [1.29, 1.82) is 0 Å². The van der Waals surface area contributed by atoms with Crippen molar-refractivity contribution in [2.75, 3.05) is 68.0 Å². The molecular formula is C41H48ClF2N11O5. The van der Waals surface area contributed by atoms with Gasteiger partial charge in [0.05, 0.1) is 47.4 Å². The number of nitrogens with one attached hydrogen (secondary N) is 2. The van der Waals surface area contributed by atoms with E-state index < -0.39 is 24.1 Å². The van der Waals surface area contributed by atoms with E-state index >= 15 is 0 Å². The van der Waals surface area contributed by atoms with E-state index in [1.54, 1.807) is 29.1 Å². The van der Waals surface area contributed by atoms with Crippen LogP contribution in [0.5, 0.6) is 0 Å². The molecule has 3 aromatic heterocycles. The third-order valence-electron chi connectivity index (χ3n) is 12.8. The Balaban J connectivity index is 0.752. The van der Waals surface area contributed by atoms with Crippen molar-refractivity contribution >= 4 is 58.2 Å². The summed E-state index contributed by atoms with van der Waals surface area (Å²) in [6.07, 6.45) is 8.25. The summed E-state index contributed by atoms with van der Waals surface area (Å²) in [7, 11) is 2.13. The van der Waals surface area contributed by atoms with Crippen molar-refractivity contribution in [1.82, 2.24) is 39.5 Å². The molecule has 1 aromatic carbocycles. The van der Waals surface area contributed by atoms with Gasteiger partial charge in [-0.3, -0.25) is 29.3 Å². The highest BCUT2D eigenvalue weighted by atomic mass is 35.5. The lowest BCUT2D eigenvalue weighted by atomic mass is 9.85. The van der Waals surface area contributed by atoms with E-state index in [1.165, 1.54) is 21.8 Å². The van der Waals surface area contributed by atoms with Crippen LogP contribution in [0.1, 0.15) is 90.2 Å². The predicted molar refractivity (Wildman–Crippen MR) is 218 cm³/mol. The number of hydrogen-bond acceptors (Lipinski definition) is 10. The molecule has 4 saturated heterocycles. The molecule has 4 aromatic rings. The van der Waals surface area contributed by atoms with Crippen LogP contribution < -0.4 is 20.4 Å². The Bertz CT molecular complexity index is 2290. The van der Waals surface area contributed by atoms with Crippen molar-refractivity contribution < 1.29 is 32.7 Å². The van der Waals surface area contributed by atoms with Gasteiger partial charge < -0.3 is 24.8 Å². The Morgan fingerprint density at radius 2 is 1.80 bits per heavy atom. The molecule has 2 atom stereocenters. The third-order valence-corrected chi connectivity index (χ3v) is 13.1. The maximum atomic E-state index is 14.3. The van der Waals surface area contributed by atoms with Crippen LogP contribution in [-0.4, -0.2) is 123 Å². The van der Waals surface area contributed by atoms with Crippen LogP contribution in [0.3, 0.4) is 0 Å². The van der Waals surface area contributed by atoms with E-state index in [9.17, 15) is 28.0 Å². The van der Waals surface area contributed by atoms with E-state index in [4.69, 9.17) is 21.3 Å². The van der Waals surface area contributed by atoms with Crippen LogP contribution in [-0.2, 0) is 9.53 Å². The number of rotatable bonds is 11. The summed E-state index contributed by atoms with van der Waals surface area (Å²) < 4.78 is 37.4. The van der Waals surface area contributed by atoms with Crippen LogP contribution in [0.2, 0.25) is 5.02 Å². The van der Waals surface area contributed by atoms with Crippen LogP contribution in [0.25, 0.3) is 5.65 Å². The molecule has 2 bridgehead atoms.